The summed E-state index contributed by atoms with van der Waals surface area (Å²) in [6.45, 7) is 1.58. The molecule has 0 radical (unpaired) electrons. The molecule has 0 saturated heterocycles. The monoisotopic (exact) mass is 333 g/mol. The second-order valence-corrected chi connectivity index (χ2v) is 7.19. The topological polar surface area (TPSA) is 63.7 Å². The average molecular weight is 334 g/mol. The van der Waals surface area contributed by atoms with Crippen LogP contribution in [0.25, 0.3) is 0 Å². The summed E-state index contributed by atoms with van der Waals surface area (Å²) in [6, 6.07) is 9.10. The minimum absolute atomic E-state index is 0.0969. The predicted molar refractivity (Wildman–Crippen MR) is 82.5 cm³/mol. The minimum atomic E-state index is -3.59. The lowest BCUT2D eigenvalue weighted by atomic mass is 10.2. The Hall–Kier alpha value is -1.11. The molecule has 0 N–H and O–H groups in total. The van der Waals surface area contributed by atoms with Gasteiger partial charge in [-0.05, 0) is 11.5 Å². The van der Waals surface area contributed by atoms with Crippen LogP contribution in [0.2, 0.25) is 0 Å². The number of rotatable bonds is 8. The van der Waals surface area contributed by atoms with Crippen LogP contribution in [0.5, 0.6) is 0 Å². The van der Waals surface area contributed by atoms with E-state index in [4.69, 9.17) is 11.6 Å². The van der Waals surface area contributed by atoms with Gasteiger partial charge in [-0.1, -0.05) is 37.3 Å². The van der Waals surface area contributed by atoms with Crippen molar-refractivity contribution in [2.75, 3.05) is 25.3 Å². The van der Waals surface area contributed by atoms with E-state index >= 15 is 0 Å². The Labute approximate surface area is 130 Å². The molecular weight excluding hydrogens is 314 g/mol. The van der Waals surface area contributed by atoms with Crippen LogP contribution in [0.4, 0.5) is 0 Å². The maximum absolute atomic E-state index is 12.4. The third kappa shape index (κ3) is 6.03. The van der Waals surface area contributed by atoms with E-state index < -0.39 is 16.0 Å². The summed E-state index contributed by atoms with van der Waals surface area (Å²) in [4.78, 5) is 11.5. The van der Waals surface area contributed by atoms with Gasteiger partial charge in [0.25, 0.3) is 0 Å². The minimum Gasteiger partial charge on any atom is -0.468 e. The molecule has 1 aromatic carbocycles. The van der Waals surface area contributed by atoms with Crippen molar-refractivity contribution in [3.05, 3.63) is 35.9 Å². The second kappa shape index (κ2) is 8.36. The molecule has 0 heterocycles. The Balaban J connectivity index is 2.93. The van der Waals surface area contributed by atoms with Crippen molar-refractivity contribution < 1.29 is 17.9 Å². The number of carbonyl (C=O) groups is 1. The maximum atomic E-state index is 12.4. The fourth-order valence-electron chi connectivity index (χ4n) is 1.76. The van der Waals surface area contributed by atoms with Crippen LogP contribution in [-0.2, 0) is 26.1 Å². The zero-order valence-corrected chi connectivity index (χ0v) is 13.7. The molecule has 0 aliphatic carbocycles. The van der Waals surface area contributed by atoms with Crippen LogP contribution in [0.15, 0.2) is 30.3 Å². The first-order valence-corrected chi connectivity index (χ1v) is 8.68. The van der Waals surface area contributed by atoms with E-state index in [1.165, 1.54) is 7.11 Å². The highest BCUT2D eigenvalue weighted by Crippen LogP contribution is 2.13. The summed E-state index contributed by atoms with van der Waals surface area (Å²) >= 11 is 5.68. The molecule has 0 saturated carbocycles. The molecule has 1 rings (SSSR count). The first-order valence-electron chi connectivity index (χ1n) is 6.53. The summed E-state index contributed by atoms with van der Waals surface area (Å²) in [7, 11) is -2.36. The molecule has 21 heavy (non-hydrogen) atoms. The summed E-state index contributed by atoms with van der Waals surface area (Å²) < 4.78 is 30.5. The highest BCUT2D eigenvalue weighted by Gasteiger charge is 2.26. The highest BCUT2D eigenvalue weighted by atomic mass is 35.5. The van der Waals surface area contributed by atoms with Crippen LogP contribution in [0.3, 0.4) is 0 Å². The maximum Gasteiger partial charge on any atom is 0.321 e. The number of esters is 1. The number of methoxy groups -OCH3 is 1. The molecule has 7 heteroatoms. The second-order valence-electron chi connectivity index (χ2n) is 4.87. The van der Waals surface area contributed by atoms with Crippen LogP contribution in [-0.4, -0.2) is 44.0 Å². The largest absolute Gasteiger partial charge is 0.468 e. The molecular formula is C14H20ClNO4S. The van der Waals surface area contributed by atoms with Gasteiger partial charge >= 0.3 is 5.97 Å². The average Bonchev–Trinajstić information content (AvgIpc) is 2.46. The highest BCUT2D eigenvalue weighted by molar-refractivity contribution is 7.89. The Morgan fingerprint density at radius 1 is 1.33 bits per heavy atom. The molecule has 118 valence electrons. The van der Waals surface area contributed by atoms with Gasteiger partial charge in [0.2, 0.25) is 10.0 Å². The molecule has 0 fully saturated rings. The fraction of sp³-hybridized carbons (Fsp3) is 0.500. The van der Waals surface area contributed by atoms with Crippen LogP contribution < -0.4 is 0 Å². The van der Waals surface area contributed by atoms with Gasteiger partial charge < -0.3 is 4.74 Å². The van der Waals surface area contributed by atoms with E-state index in [2.05, 4.69) is 4.74 Å². The molecule has 1 aromatic rings. The van der Waals surface area contributed by atoms with Crippen molar-refractivity contribution in [2.45, 2.75) is 13.5 Å². The zero-order valence-electron chi connectivity index (χ0n) is 12.2. The van der Waals surface area contributed by atoms with Crippen molar-refractivity contribution in [3.63, 3.8) is 0 Å². The van der Waals surface area contributed by atoms with E-state index in [0.717, 1.165) is 9.87 Å². The van der Waals surface area contributed by atoms with Crippen LogP contribution in [0.1, 0.15) is 12.5 Å². The summed E-state index contributed by atoms with van der Waals surface area (Å²) in [5, 5.41) is 0. The molecule has 0 aliphatic heterocycles. The number of alkyl halides is 1. The van der Waals surface area contributed by atoms with Crippen LogP contribution in [0, 0.1) is 5.92 Å². The van der Waals surface area contributed by atoms with Gasteiger partial charge in [0.05, 0.1) is 12.9 Å². The summed E-state index contributed by atoms with van der Waals surface area (Å²) in [5.41, 5.74) is 0.809. The molecule has 1 atom stereocenters. The normalized spacial score (nSPS) is 13.1. The first-order chi connectivity index (χ1) is 9.89. The molecule has 5 nitrogen and oxygen atoms in total. The number of halogens is 1. The third-order valence-corrected chi connectivity index (χ3v) is 5.45. The lowest BCUT2D eigenvalue weighted by Gasteiger charge is -2.22. The molecule has 0 bridgehead atoms. The Morgan fingerprint density at radius 3 is 2.48 bits per heavy atom. The van der Waals surface area contributed by atoms with Gasteiger partial charge in [-0.2, -0.15) is 4.31 Å². The molecule has 0 amide bonds. The fourth-order valence-corrected chi connectivity index (χ4v) is 3.69. The Bertz CT molecular complexity index is 547. The smallest absolute Gasteiger partial charge is 0.321 e. The number of sulfonamides is 1. The van der Waals surface area contributed by atoms with Gasteiger partial charge in [0.15, 0.2) is 0 Å². The summed E-state index contributed by atoms with van der Waals surface area (Å²) in [5.74, 6) is -0.627. The number of carbonyl (C=O) groups excluding carboxylic acids is 1. The standard InChI is InChI=1S/C14H20ClNO4S/c1-12(8-15)11-21(18,19)16(10-14(17)20-2)9-13-6-4-3-5-7-13/h3-7,12H,8-11H2,1-2H3. The van der Waals surface area contributed by atoms with Crippen molar-refractivity contribution in [2.24, 2.45) is 5.92 Å². The van der Waals surface area contributed by atoms with Crippen molar-refractivity contribution in [1.82, 2.24) is 4.31 Å². The number of benzene rings is 1. The Kier molecular flexibility index (Phi) is 7.14. The van der Waals surface area contributed by atoms with E-state index in [1.54, 1.807) is 6.92 Å². The Morgan fingerprint density at radius 2 is 1.95 bits per heavy atom. The molecule has 0 aromatic heterocycles. The van der Waals surface area contributed by atoms with Gasteiger partial charge in [-0.25, -0.2) is 8.42 Å². The zero-order chi connectivity index (χ0) is 15.9. The number of ether oxygens (including phenoxy) is 1. The number of hydrogen-bond donors (Lipinski definition) is 0. The lowest BCUT2D eigenvalue weighted by molar-refractivity contribution is -0.140. The summed E-state index contributed by atoms with van der Waals surface area (Å²) in [6.07, 6.45) is 0. The van der Waals surface area contributed by atoms with E-state index in [0.29, 0.717) is 0 Å². The van der Waals surface area contributed by atoms with Gasteiger partial charge in [-0.3, -0.25) is 4.79 Å². The first kappa shape index (κ1) is 17.9. The molecule has 0 aliphatic rings. The third-order valence-electron chi connectivity index (χ3n) is 2.89. The van der Waals surface area contributed by atoms with Crippen molar-refractivity contribution >= 4 is 27.6 Å². The van der Waals surface area contributed by atoms with E-state index in [1.807, 2.05) is 30.3 Å². The predicted octanol–water partition coefficient (Wildman–Crippen LogP) is 1.87. The van der Waals surface area contributed by atoms with Gasteiger partial charge in [0, 0.05) is 12.4 Å². The quantitative estimate of drug-likeness (QED) is 0.538. The van der Waals surface area contributed by atoms with E-state index in [-0.39, 0.29) is 30.6 Å². The SMILES string of the molecule is COC(=O)CN(Cc1ccccc1)S(=O)(=O)CC(C)CCl. The van der Waals surface area contributed by atoms with Gasteiger partial charge in [0.1, 0.15) is 6.54 Å². The molecule has 1 unspecified atom stereocenters. The van der Waals surface area contributed by atoms with Crippen LogP contribution >= 0.6 is 11.6 Å². The van der Waals surface area contributed by atoms with Gasteiger partial charge in [-0.15, -0.1) is 11.6 Å². The van der Waals surface area contributed by atoms with Crippen molar-refractivity contribution in [1.29, 1.82) is 0 Å². The number of hydrogen-bond acceptors (Lipinski definition) is 4. The number of nitrogens with zero attached hydrogens (tertiary/aromatic N) is 1. The van der Waals surface area contributed by atoms with Crippen molar-refractivity contribution in [3.8, 4) is 0 Å². The lowest BCUT2D eigenvalue weighted by Crippen LogP contribution is -2.38. The van der Waals surface area contributed by atoms with E-state index in [9.17, 15) is 13.2 Å². The molecule has 0 spiro atoms.